The molecule has 1 saturated carbocycles. The van der Waals surface area contributed by atoms with Crippen LogP contribution in [0.15, 0.2) is 53.9 Å². The minimum absolute atomic E-state index is 0.00448. The third kappa shape index (κ3) is 3.84. The average Bonchev–Trinajstić information content (AvgIpc) is 3.39. The second-order valence-corrected chi connectivity index (χ2v) is 7.95. The normalized spacial score (nSPS) is 19.3. The Labute approximate surface area is 166 Å². The fourth-order valence-electron chi connectivity index (χ4n) is 3.60. The Balaban J connectivity index is 1.55. The summed E-state index contributed by atoms with van der Waals surface area (Å²) in [5.41, 5.74) is 2.14. The Kier molecular flexibility index (Phi) is 5.25. The SMILES string of the molecule is O=C(NC1CCC(C(=O)O)CC1)c1cc(-c2cccs2)n(-c2ccccc2)n1. The van der Waals surface area contributed by atoms with Crippen molar-refractivity contribution in [3.8, 4) is 16.3 Å². The number of amides is 1. The van der Waals surface area contributed by atoms with Crippen molar-refractivity contribution in [1.29, 1.82) is 0 Å². The molecule has 0 spiro atoms. The summed E-state index contributed by atoms with van der Waals surface area (Å²) in [6.45, 7) is 0. The number of carbonyl (C=O) groups excluding carboxylic acids is 1. The Morgan fingerprint density at radius 1 is 1.07 bits per heavy atom. The molecule has 1 amide bonds. The molecular formula is C21H21N3O3S. The molecule has 6 nitrogen and oxygen atoms in total. The molecule has 7 heteroatoms. The van der Waals surface area contributed by atoms with Gasteiger partial charge in [0.1, 0.15) is 0 Å². The highest BCUT2D eigenvalue weighted by Gasteiger charge is 2.27. The molecule has 0 unspecified atom stereocenters. The smallest absolute Gasteiger partial charge is 0.306 e. The minimum atomic E-state index is -0.744. The number of aliphatic carboxylic acids is 1. The highest BCUT2D eigenvalue weighted by Crippen LogP contribution is 2.29. The predicted molar refractivity (Wildman–Crippen MR) is 108 cm³/mol. The first-order valence-electron chi connectivity index (χ1n) is 9.35. The standard InChI is InChI=1S/C21H21N3O3S/c25-20(22-15-10-8-14(9-11-15)21(26)27)17-13-18(19-7-4-12-28-19)24(23-17)16-5-2-1-3-6-16/h1-7,12-15H,8-11H2,(H,22,25)(H,26,27). The van der Waals surface area contributed by atoms with Crippen molar-refractivity contribution in [3.63, 3.8) is 0 Å². The molecule has 4 rings (SSSR count). The zero-order chi connectivity index (χ0) is 19.5. The summed E-state index contributed by atoms with van der Waals surface area (Å²) < 4.78 is 1.79. The number of hydrogen-bond acceptors (Lipinski definition) is 4. The molecule has 28 heavy (non-hydrogen) atoms. The summed E-state index contributed by atoms with van der Waals surface area (Å²) in [5, 5.41) is 18.7. The van der Waals surface area contributed by atoms with Crippen molar-refractivity contribution in [2.75, 3.05) is 0 Å². The summed E-state index contributed by atoms with van der Waals surface area (Å²) in [5.74, 6) is -1.26. The van der Waals surface area contributed by atoms with Crippen molar-refractivity contribution < 1.29 is 14.7 Å². The van der Waals surface area contributed by atoms with E-state index in [-0.39, 0.29) is 17.9 Å². The lowest BCUT2D eigenvalue weighted by atomic mass is 9.86. The second-order valence-electron chi connectivity index (χ2n) is 7.00. The van der Waals surface area contributed by atoms with Gasteiger partial charge in [-0.15, -0.1) is 11.3 Å². The average molecular weight is 395 g/mol. The molecule has 2 N–H and O–H groups in total. The molecule has 0 aliphatic heterocycles. The molecule has 1 fully saturated rings. The highest BCUT2D eigenvalue weighted by atomic mass is 32.1. The lowest BCUT2D eigenvalue weighted by molar-refractivity contribution is -0.142. The number of carboxylic acids is 1. The molecule has 0 atom stereocenters. The van der Waals surface area contributed by atoms with E-state index in [1.807, 2.05) is 53.9 Å². The summed E-state index contributed by atoms with van der Waals surface area (Å²) in [7, 11) is 0. The van der Waals surface area contributed by atoms with Crippen molar-refractivity contribution in [3.05, 3.63) is 59.6 Å². The van der Waals surface area contributed by atoms with Gasteiger partial charge in [-0.05, 0) is 55.3 Å². The van der Waals surface area contributed by atoms with E-state index in [0.717, 1.165) is 16.3 Å². The van der Waals surface area contributed by atoms with Gasteiger partial charge in [0.2, 0.25) is 0 Å². The van der Waals surface area contributed by atoms with Crippen LogP contribution in [0.3, 0.4) is 0 Å². The first-order chi connectivity index (χ1) is 13.6. The number of carboxylic acid groups (broad SMARTS) is 1. The number of aromatic nitrogens is 2. The topological polar surface area (TPSA) is 84.2 Å². The number of thiophene rings is 1. The van der Waals surface area contributed by atoms with Gasteiger partial charge in [0.05, 0.1) is 22.2 Å². The number of nitrogens with one attached hydrogen (secondary N) is 1. The third-order valence-electron chi connectivity index (χ3n) is 5.13. The van der Waals surface area contributed by atoms with Crippen molar-refractivity contribution >= 4 is 23.2 Å². The number of para-hydroxylation sites is 1. The molecule has 1 aliphatic carbocycles. The monoisotopic (exact) mass is 395 g/mol. The third-order valence-corrected chi connectivity index (χ3v) is 6.02. The zero-order valence-corrected chi connectivity index (χ0v) is 16.1. The molecule has 2 aromatic heterocycles. The van der Waals surface area contributed by atoms with Crippen molar-refractivity contribution in [1.82, 2.24) is 15.1 Å². The zero-order valence-electron chi connectivity index (χ0n) is 15.2. The molecule has 1 aromatic carbocycles. The van der Waals surface area contributed by atoms with Gasteiger partial charge in [0.15, 0.2) is 5.69 Å². The van der Waals surface area contributed by atoms with Gasteiger partial charge in [-0.3, -0.25) is 9.59 Å². The van der Waals surface area contributed by atoms with Crippen LogP contribution in [0.5, 0.6) is 0 Å². The largest absolute Gasteiger partial charge is 0.481 e. The van der Waals surface area contributed by atoms with Crippen LogP contribution in [0.2, 0.25) is 0 Å². The van der Waals surface area contributed by atoms with Gasteiger partial charge in [-0.2, -0.15) is 5.10 Å². The van der Waals surface area contributed by atoms with E-state index < -0.39 is 5.97 Å². The Hall–Kier alpha value is -2.93. The van der Waals surface area contributed by atoms with Gasteiger partial charge in [0.25, 0.3) is 5.91 Å². The van der Waals surface area contributed by atoms with E-state index in [4.69, 9.17) is 5.11 Å². The van der Waals surface area contributed by atoms with Crippen molar-refractivity contribution in [2.45, 2.75) is 31.7 Å². The lowest BCUT2D eigenvalue weighted by Gasteiger charge is -2.26. The number of benzene rings is 1. The maximum absolute atomic E-state index is 12.8. The van der Waals surface area contributed by atoms with Crippen LogP contribution in [0.4, 0.5) is 0 Å². The van der Waals surface area contributed by atoms with E-state index in [1.54, 1.807) is 16.0 Å². The van der Waals surface area contributed by atoms with Crippen LogP contribution >= 0.6 is 11.3 Å². The molecular weight excluding hydrogens is 374 g/mol. The van der Waals surface area contributed by atoms with E-state index in [1.165, 1.54) is 0 Å². The maximum Gasteiger partial charge on any atom is 0.306 e. The fourth-order valence-corrected chi connectivity index (χ4v) is 4.33. The van der Waals surface area contributed by atoms with E-state index in [0.29, 0.717) is 31.4 Å². The predicted octanol–water partition coefficient (Wildman–Crippen LogP) is 3.97. The van der Waals surface area contributed by atoms with Gasteiger partial charge < -0.3 is 10.4 Å². The van der Waals surface area contributed by atoms with E-state index >= 15 is 0 Å². The molecule has 3 aromatic rings. The second kappa shape index (κ2) is 7.98. The van der Waals surface area contributed by atoms with Crippen LogP contribution in [-0.4, -0.2) is 32.8 Å². The number of hydrogen-bond donors (Lipinski definition) is 2. The Morgan fingerprint density at radius 2 is 1.82 bits per heavy atom. The Bertz CT molecular complexity index is 958. The maximum atomic E-state index is 12.8. The van der Waals surface area contributed by atoms with Gasteiger partial charge in [-0.25, -0.2) is 4.68 Å². The minimum Gasteiger partial charge on any atom is -0.481 e. The van der Waals surface area contributed by atoms with Crippen LogP contribution in [0.1, 0.15) is 36.2 Å². The summed E-state index contributed by atoms with van der Waals surface area (Å²) in [6.07, 6.45) is 2.55. The first kappa shape index (κ1) is 18.4. The Morgan fingerprint density at radius 3 is 2.46 bits per heavy atom. The fraction of sp³-hybridized carbons (Fsp3) is 0.286. The summed E-state index contributed by atoms with van der Waals surface area (Å²) >= 11 is 1.60. The van der Waals surface area contributed by atoms with Gasteiger partial charge in [-0.1, -0.05) is 24.3 Å². The summed E-state index contributed by atoms with van der Waals surface area (Å²) in [4.78, 5) is 24.9. The van der Waals surface area contributed by atoms with Crippen LogP contribution in [0, 0.1) is 5.92 Å². The highest BCUT2D eigenvalue weighted by molar-refractivity contribution is 7.13. The van der Waals surface area contributed by atoms with Crippen LogP contribution in [0.25, 0.3) is 16.3 Å². The molecule has 1 aliphatic rings. The number of rotatable bonds is 5. The van der Waals surface area contributed by atoms with Crippen LogP contribution in [-0.2, 0) is 4.79 Å². The quantitative estimate of drug-likeness (QED) is 0.685. The molecule has 0 radical (unpaired) electrons. The molecule has 0 saturated heterocycles. The van der Waals surface area contributed by atoms with Crippen LogP contribution < -0.4 is 5.32 Å². The molecule has 0 bridgehead atoms. The van der Waals surface area contributed by atoms with Gasteiger partial charge in [0, 0.05) is 6.04 Å². The van der Waals surface area contributed by atoms with Gasteiger partial charge >= 0.3 is 5.97 Å². The van der Waals surface area contributed by atoms with Crippen molar-refractivity contribution in [2.24, 2.45) is 5.92 Å². The first-order valence-corrected chi connectivity index (χ1v) is 10.2. The number of carbonyl (C=O) groups is 2. The summed E-state index contributed by atoms with van der Waals surface area (Å²) in [6, 6.07) is 15.5. The number of nitrogens with zero attached hydrogens (tertiary/aromatic N) is 2. The molecule has 144 valence electrons. The van der Waals surface area contributed by atoms with E-state index in [2.05, 4.69) is 10.4 Å². The van der Waals surface area contributed by atoms with E-state index in [9.17, 15) is 9.59 Å². The molecule has 2 heterocycles. The lowest BCUT2D eigenvalue weighted by Crippen LogP contribution is -2.38.